The van der Waals surface area contributed by atoms with Gasteiger partial charge in [0.25, 0.3) is 11.8 Å². The lowest BCUT2D eigenvalue weighted by atomic mass is 10.1. The van der Waals surface area contributed by atoms with Crippen LogP contribution in [0.25, 0.3) is 16.9 Å². The fourth-order valence-corrected chi connectivity index (χ4v) is 4.32. The molecule has 0 aliphatic carbocycles. The molecule has 2 aromatic heterocycles. The summed E-state index contributed by atoms with van der Waals surface area (Å²) in [5.41, 5.74) is 2.83. The molecule has 1 fully saturated rings. The van der Waals surface area contributed by atoms with Crippen LogP contribution >= 0.6 is 11.6 Å². The van der Waals surface area contributed by atoms with Crippen molar-refractivity contribution in [2.24, 2.45) is 0 Å². The Morgan fingerprint density at radius 1 is 0.857 bits per heavy atom. The van der Waals surface area contributed by atoms with E-state index < -0.39 is 5.82 Å². The van der Waals surface area contributed by atoms with Gasteiger partial charge in [0.05, 0.1) is 21.8 Å². The van der Waals surface area contributed by atoms with Gasteiger partial charge in [-0.15, -0.1) is 0 Å². The number of carbonyl (C=O) groups is 2. The van der Waals surface area contributed by atoms with Crippen LogP contribution in [0.4, 0.5) is 4.39 Å². The van der Waals surface area contributed by atoms with Crippen molar-refractivity contribution < 1.29 is 14.0 Å². The number of halogens is 2. The molecule has 0 spiro atoms. The zero-order chi connectivity index (χ0) is 24.4. The third kappa shape index (κ3) is 4.65. The standard InChI is InChI=1S/C26H21ClFN5O2/c27-23-15-19(28)8-9-21(23)25(34)31-11-13-32(14-12-31)26(35)22-17-33(20-6-2-1-3-7-20)30-24(22)18-5-4-10-29-16-18/h1-10,15-17H,11-14H2. The molecule has 35 heavy (non-hydrogen) atoms. The summed E-state index contributed by atoms with van der Waals surface area (Å²) in [6, 6.07) is 17.0. The van der Waals surface area contributed by atoms with Gasteiger partial charge in [-0.25, -0.2) is 9.07 Å². The molecule has 0 saturated carbocycles. The Hall–Kier alpha value is -4.04. The highest BCUT2D eigenvalue weighted by molar-refractivity contribution is 6.33. The highest BCUT2D eigenvalue weighted by Gasteiger charge is 2.29. The predicted molar refractivity (Wildman–Crippen MR) is 130 cm³/mol. The maximum absolute atomic E-state index is 13.6. The largest absolute Gasteiger partial charge is 0.335 e. The van der Waals surface area contributed by atoms with E-state index in [1.165, 1.54) is 12.1 Å². The first-order valence-corrected chi connectivity index (χ1v) is 11.5. The van der Waals surface area contributed by atoms with Crippen molar-refractivity contribution in [3.8, 4) is 16.9 Å². The van der Waals surface area contributed by atoms with Crippen LogP contribution in [-0.4, -0.2) is 62.6 Å². The number of amides is 2. The molecule has 7 nitrogen and oxygen atoms in total. The van der Waals surface area contributed by atoms with Crippen LogP contribution in [-0.2, 0) is 0 Å². The van der Waals surface area contributed by atoms with E-state index in [2.05, 4.69) is 10.1 Å². The maximum Gasteiger partial charge on any atom is 0.257 e. The molecule has 1 aliphatic heterocycles. The summed E-state index contributed by atoms with van der Waals surface area (Å²) in [6.45, 7) is 1.39. The van der Waals surface area contributed by atoms with E-state index in [1.54, 1.807) is 39.1 Å². The first-order valence-electron chi connectivity index (χ1n) is 11.1. The lowest BCUT2D eigenvalue weighted by Gasteiger charge is -2.35. The molecule has 9 heteroatoms. The van der Waals surface area contributed by atoms with Crippen LogP contribution in [0.2, 0.25) is 5.02 Å². The lowest BCUT2D eigenvalue weighted by Crippen LogP contribution is -2.50. The summed E-state index contributed by atoms with van der Waals surface area (Å²) < 4.78 is 15.0. The van der Waals surface area contributed by atoms with Crippen LogP contribution in [0.1, 0.15) is 20.7 Å². The Morgan fingerprint density at radius 2 is 1.54 bits per heavy atom. The predicted octanol–water partition coefficient (Wildman–Crippen LogP) is 4.33. The van der Waals surface area contributed by atoms with Gasteiger partial charge >= 0.3 is 0 Å². The van der Waals surface area contributed by atoms with E-state index in [1.807, 2.05) is 36.4 Å². The SMILES string of the molecule is O=C(c1ccc(F)cc1Cl)N1CCN(C(=O)c2cn(-c3ccccc3)nc2-c2cccnc2)CC1. The lowest BCUT2D eigenvalue weighted by molar-refractivity contribution is 0.0536. The number of pyridine rings is 1. The third-order valence-electron chi connectivity index (χ3n) is 5.92. The monoisotopic (exact) mass is 489 g/mol. The zero-order valence-electron chi connectivity index (χ0n) is 18.6. The summed E-state index contributed by atoms with van der Waals surface area (Å²) >= 11 is 6.06. The van der Waals surface area contributed by atoms with E-state index in [9.17, 15) is 14.0 Å². The molecule has 3 heterocycles. The number of para-hydroxylation sites is 1. The van der Waals surface area contributed by atoms with Gasteiger partial charge in [-0.05, 0) is 42.5 Å². The van der Waals surface area contributed by atoms with E-state index >= 15 is 0 Å². The zero-order valence-corrected chi connectivity index (χ0v) is 19.4. The Bertz CT molecular complexity index is 1370. The Labute approximate surface area is 206 Å². The molecule has 2 amide bonds. The first kappa shape index (κ1) is 22.7. The Balaban J connectivity index is 1.37. The van der Waals surface area contributed by atoms with Crippen molar-refractivity contribution >= 4 is 23.4 Å². The minimum absolute atomic E-state index is 0.0722. The molecule has 0 radical (unpaired) electrons. The van der Waals surface area contributed by atoms with Crippen molar-refractivity contribution in [1.82, 2.24) is 24.6 Å². The molecule has 2 aromatic carbocycles. The normalized spacial score (nSPS) is 13.7. The van der Waals surface area contributed by atoms with Gasteiger partial charge in [-0.3, -0.25) is 14.6 Å². The van der Waals surface area contributed by atoms with Gasteiger partial charge < -0.3 is 9.80 Å². The topological polar surface area (TPSA) is 71.3 Å². The summed E-state index contributed by atoms with van der Waals surface area (Å²) in [4.78, 5) is 33.9. The smallest absolute Gasteiger partial charge is 0.257 e. The quantitative estimate of drug-likeness (QED) is 0.428. The van der Waals surface area contributed by atoms with Crippen LogP contribution < -0.4 is 0 Å². The van der Waals surface area contributed by atoms with Crippen molar-refractivity contribution in [2.75, 3.05) is 26.2 Å². The highest BCUT2D eigenvalue weighted by atomic mass is 35.5. The van der Waals surface area contributed by atoms with Crippen molar-refractivity contribution in [1.29, 1.82) is 0 Å². The van der Waals surface area contributed by atoms with E-state index in [0.717, 1.165) is 17.3 Å². The fraction of sp³-hybridized carbons (Fsp3) is 0.154. The summed E-state index contributed by atoms with van der Waals surface area (Å²) in [5.74, 6) is -0.949. The van der Waals surface area contributed by atoms with Crippen molar-refractivity contribution in [3.05, 3.63) is 101 Å². The second kappa shape index (κ2) is 9.68. The molecule has 0 bridgehead atoms. The van der Waals surface area contributed by atoms with Crippen LogP contribution in [0.15, 0.2) is 79.3 Å². The number of nitrogens with zero attached hydrogens (tertiary/aromatic N) is 5. The van der Waals surface area contributed by atoms with Crippen LogP contribution in [0.5, 0.6) is 0 Å². The van der Waals surface area contributed by atoms with Crippen molar-refractivity contribution in [3.63, 3.8) is 0 Å². The summed E-state index contributed by atoms with van der Waals surface area (Å²) in [7, 11) is 0. The number of hydrogen-bond donors (Lipinski definition) is 0. The van der Waals surface area contributed by atoms with Gasteiger partial charge in [-0.1, -0.05) is 29.8 Å². The number of aromatic nitrogens is 3. The van der Waals surface area contributed by atoms with E-state index in [4.69, 9.17) is 11.6 Å². The highest BCUT2D eigenvalue weighted by Crippen LogP contribution is 2.25. The van der Waals surface area contributed by atoms with Gasteiger partial charge in [-0.2, -0.15) is 5.10 Å². The van der Waals surface area contributed by atoms with Gasteiger partial charge in [0, 0.05) is 50.3 Å². The summed E-state index contributed by atoms with van der Waals surface area (Å²) in [6.07, 6.45) is 5.08. The fourth-order valence-electron chi connectivity index (χ4n) is 4.08. The first-order chi connectivity index (χ1) is 17.0. The van der Waals surface area contributed by atoms with Gasteiger partial charge in [0.15, 0.2) is 0 Å². The second-order valence-electron chi connectivity index (χ2n) is 8.12. The van der Waals surface area contributed by atoms with Crippen LogP contribution in [0.3, 0.4) is 0 Å². The molecule has 0 atom stereocenters. The molecule has 0 unspecified atom stereocenters. The van der Waals surface area contributed by atoms with Crippen molar-refractivity contribution in [2.45, 2.75) is 0 Å². The second-order valence-corrected chi connectivity index (χ2v) is 8.53. The Morgan fingerprint density at radius 3 is 2.17 bits per heavy atom. The van der Waals surface area contributed by atoms with Gasteiger partial charge in [0.2, 0.25) is 0 Å². The van der Waals surface area contributed by atoms with E-state index in [-0.39, 0.29) is 22.4 Å². The minimum Gasteiger partial charge on any atom is -0.335 e. The van der Waals surface area contributed by atoms with Crippen LogP contribution in [0, 0.1) is 5.82 Å². The number of rotatable bonds is 4. The number of carbonyl (C=O) groups excluding carboxylic acids is 2. The maximum atomic E-state index is 13.6. The molecular formula is C26H21ClFN5O2. The molecule has 5 rings (SSSR count). The van der Waals surface area contributed by atoms with Gasteiger partial charge in [0.1, 0.15) is 11.5 Å². The summed E-state index contributed by atoms with van der Waals surface area (Å²) in [5, 5.41) is 4.76. The molecule has 0 N–H and O–H groups in total. The molecule has 1 aliphatic rings. The molecule has 4 aromatic rings. The minimum atomic E-state index is -0.498. The third-order valence-corrected chi connectivity index (χ3v) is 6.23. The van der Waals surface area contributed by atoms with E-state index in [0.29, 0.717) is 37.4 Å². The number of benzene rings is 2. The average Bonchev–Trinajstić information content (AvgIpc) is 3.35. The molecule has 176 valence electrons. The molecular weight excluding hydrogens is 469 g/mol. The number of piperazine rings is 1. The Kier molecular flexibility index (Phi) is 6.29. The number of hydrogen-bond acceptors (Lipinski definition) is 4. The molecule has 1 saturated heterocycles. The average molecular weight is 490 g/mol.